The summed E-state index contributed by atoms with van der Waals surface area (Å²) >= 11 is 0. The molecule has 1 N–H and O–H groups in total. The van der Waals surface area contributed by atoms with Crippen molar-refractivity contribution in [1.82, 2.24) is 4.90 Å². The standard InChI is InChI=1S/C24H35NO6/c1-17-9-8-12-19(26)11-7-5-6-10-18-13-21(30-16-20(27)15-25(2)3)14-22(29-4)23(18)24(28)31-17/h6,10,13-14,17,20,27H,5,7-9,11-12,15-16H2,1-4H3/b10-6+/t17-,20+/m0/s1. The molecule has 31 heavy (non-hydrogen) atoms. The van der Waals surface area contributed by atoms with Crippen LogP contribution < -0.4 is 9.47 Å². The highest BCUT2D eigenvalue weighted by Gasteiger charge is 2.22. The number of cyclic esters (lactones) is 1. The lowest BCUT2D eigenvalue weighted by molar-refractivity contribution is -0.119. The van der Waals surface area contributed by atoms with Crippen LogP contribution in [-0.2, 0) is 9.53 Å². The Labute approximate surface area is 185 Å². The normalized spacial score (nSPS) is 20.4. The summed E-state index contributed by atoms with van der Waals surface area (Å²) < 4.78 is 16.9. The third-order valence-corrected chi connectivity index (χ3v) is 5.05. The van der Waals surface area contributed by atoms with Gasteiger partial charge in [0.1, 0.15) is 35.6 Å². The quantitative estimate of drug-likeness (QED) is 0.688. The summed E-state index contributed by atoms with van der Waals surface area (Å²) in [4.78, 5) is 26.8. The molecule has 0 unspecified atom stereocenters. The van der Waals surface area contributed by atoms with E-state index in [2.05, 4.69) is 0 Å². The summed E-state index contributed by atoms with van der Waals surface area (Å²) in [6.45, 7) is 2.43. The lowest BCUT2D eigenvalue weighted by Gasteiger charge is -2.19. The predicted molar refractivity (Wildman–Crippen MR) is 120 cm³/mol. The Hall–Kier alpha value is -2.38. The Balaban J connectivity index is 2.31. The summed E-state index contributed by atoms with van der Waals surface area (Å²) in [5, 5.41) is 10.1. The smallest absolute Gasteiger partial charge is 0.342 e. The number of methoxy groups -OCH3 is 1. The van der Waals surface area contributed by atoms with Crippen molar-refractivity contribution in [1.29, 1.82) is 0 Å². The molecule has 7 heteroatoms. The van der Waals surface area contributed by atoms with E-state index in [0.717, 1.165) is 12.8 Å². The van der Waals surface area contributed by atoms with Crippen molar-refractivity contribution in [3.05, 3.63) is 29.3 Å². The second-order valence-electron chi connectivity index (χ2n) is 8.26. The van der Waals surface area contributed by atoms with E-state index in [0.29, 0.717) is 54.9 Å². The average Bonchev–Trinajstić information content (AvgIpc) is 2.70. The fourth-order valence-corrected chi connectivity index (χ4v) is 3.51. The number of nitrogens with zero attached hydrogens (tertiary/aromatic N) is 1. The largest absolute Gasteiger partial charge is 0.496 e. The number of allylic oxidation sites excluding steroid dienone is 1. The second kappa shape index (κ2) is 12.5. The summed E-state index contributed by atoms with van der Waals surface area (Å²) in [6.07, 6.45) is 6.75. The molecule has 0 spiro atoms. The Morgan fingerprint density at radius 2 is 1.97 bits per heavy atom. The Bertz CT molecular complexity index is 774. The summed E-state index contributed by atoms with van der Waals surface area (Å²) in [7, 11) is 5.25. The molecule has 0 radical (unpaired) electrons. The van der Waals surface area contributed by atoms with Crippen LogP contribution in [0.5, 0.6) is 11.5 Å². The summed E-state index contributed by atoms with van der Waals surface area (Å²) in [5.41, 5.74) is 0.969. The van der Waals surface area contributed by atoms with Crippen LogP contribution in [0.4, 0.5) is 0 Å². The number of rotatable bonds is 6. The van der Waals surface area contributed by atoms with Gasteiger partial charge in [0.2, 0.25) is 0 Å². The first-order chi connectivity index (χ1) is 14.8. The molecule has 0 fully saturated rings. The maximum atomic E-state index is 12.9. The summed E-state index contributed by atoms with van der Waals surface area (Å²) in [6, 6.07) is 3.39. The van der Waals surface area contributed by atoms with Crippen LogP contribution in [0.1, 0.15) is 61.4 Å². The molecule has 0 aromatic heterocycles. The number of fused-ring (bicyclic) bond motifs is 1. The number of aliphatic hydroxyl groups excluding tert-OH is 1. The molecule has 2 atom stereocenters. The van der Waals surface area contributed by atoms with Crippen LogP contribution >= 0.6 is 0 Å². The van der Waals surface area contributed by atoms with Crippen molar-refractivity contribution in [2.24, 2.45) is 0 Å². The fourth-order valence-electron chi connectivity index (χ4n) is 3.51. The first kappa shape index (κ1) is 24.9. The van der Waals surface area contributed by atoms with E-state index >= 15 is 0 Å². The van der Waals surface area contributed by atoms with Crippen LogP contribution in [0, 0.1) is 0 Å². The molecule has 0 bridgehead atoms. The molecule has 172 valence electrons. The van der Waals surface area contributed by atoms with Crippen LogP contribution in [0.3, 0.4) is 0 Å². The highest BCUT2D eigenvalue weighted by atomic mass is 16.5. The molecule has 0 aliphatic carbocycles. The molecule has 7 nitrogen and oxygen atoms in total. The van der Waals surface area contributed by atoms with Gasteiger partial charge in [-0.3, -0.25) is 4.79 Å². The highest BCUT2D eigenvalue weighted by Crippen LogP contribution is 2.31. The van der Waals surface area contributed by atoms with Crippen LogP contribution in [-0.4, -0.2) is 68.3 Å². The minimum atomic E-state index is -0.645. The lowest BCUT2D eigenvalue weighted by atomic mass is 10.0. The zero-order chi connectivity index (χ0) is 22.8. The van der Waals surface area contributed by atoms with E-state index in [1.165, 1.54) is 7.11 Å². The molecule has 1 aromatic rings. The van der Waals surface area contributed by atoms with Crippen molar-refractivity contribution in [2.45, 2.75) is 57.7 Å². The van der Waals surface area contributed by atoms with Crippen LogP contribution in [0.25, 0.3) is 6.08 Å². The van der Waals surface area contributed by atoms with Crippen molar-refractivity contribution in [3.8, 4) is 11.5 Å². The first-order valence-electron chi connectivity index (χ1n) is 10.9. The topological polar surface area (TPSA) is 85.3 Å². The molecular formula is C24H35NO6. The number of hydrogen-bond acceptors (Lipinski definition) is 7. The zero-order valence-electron chi connectivity index (χ0n) is 19.1. The highest BCUT2D eigenvalue weighted by molar-refractivity contribution is 5.97. The van der Waals surface area contributed by atoms with Crippen molar-refractivity contribution < 1.29 is 28.9 Å². The molecular weight excluding hydrogens is 398 g/mol. The molecule has 1 aromatic carbocycles. The number of likely N-dealkylation sites (N-methyl/N-ethyl adjacent to an activating group) is 1. The van der Waals surface area contributed by atoms with Crippen molar-refractivity contribution >= 4 is 17.8 Å². The molecule has 0 saturated heterocycles. The molecule has 0 amide bonds. The number of hydrogen-bond donors (Lipinski definition) is 1. The van der Waals surface area contributed by atoms with Crippen LogP contribution in [0.15, 0.2) is 18.2 Å². The van der Waals surface area contributed by atoms with Gasteiger partial charge in [0.15, 0.2) is 0 Å². The molecule has 1 aliphatic heterocycles. The Morgan fingerprint density at radius 3 is 2.68 bits per heavy atom. The van der Waals surface area contributed by atoms with E-state index in [9.17, 15) is 14.7 Å². The first-order valence-corrected chi connectivity index (χ1v) is 10.9. The van der Waals surface area contributed by atoms with Gasteiger partial charge in [-0.15, -0.1) is 0 Å². The Kier molecular flexibility index (Phi) is 10.0. The number of esters is 1. The van der Waals surface area contributed by atoms with E-state index in [-0.39, 0.29) is 18.5 Å². The van der Waals surface area contributed by atoms with Gasteiger partial charge in [-0.2, -0.15) is 0 Å². The number of benzene rings is 1. The molecule has 2 rings (SSSR count). The minimum Gasteiger partial charge on any atom is -0.496 e. The maximum absolute atomic E-state index is 12.9. The third-order valence-electron chi connectivity index (χ3n) is 5.05. The molecule has 1 heterocycles. The number of ketones is 1. The third kappa shape index (κ3) is 8.34. The van der Waals surface area contributed by atoms with Gasteiger partial charge in [-0.05, 0) is 58.3 Å². The van der Waals surface area contributed by atoms with Crippen molar-refractivity contribution in [3.63, 3.8) is 0 Å². The van der Waals surface area contributed by atoms with Gasteiger partial charge < -0.3 is 24.2 Å². The van der Waals surface area contributed by atoms with E-state index < -0.39 is 12.1 Å². The Morgan fingerprint density at radius 1 is 1.23 bits per heavy atom. The second-order valence-corrected chi connectivity index (χ2v) is 8.26. The number of ether oxygens (including phenoxy) is 3. The lowest BCUT2D eigenvalue weighted by Crippen LogP contribution is -2.30. The molecule has 0 saturated carbocycles. The van der Waals surface area contributed by atoms with Gasteiger partial charge in [-0.1, -0.05) is 12.2 Å². The number of aliphatic hydroxyl groups is 1. The van der Waals surface area contributed by atoms with Gasteiger partial charge in [0, 0.05) is 25.5 Å². The fraction of sp³-hybridized carbons (Fsp3) is 0.583. The number of Topliss-reactive ketones (excluding diaryl/α,β-unsaturated/α-hetero) is 1. The SMILES string of the molecule is COc1cc(OC[C@H](O)CN(C)C)cc2c1C(=O)O[C@@H](C)CCCC(=O)CCC/C=C/2. The monoisotopic (exact) mass is 433 g/mol. The molecule has 1 aliphatic rings. The zero-order valence-corrected chi connectivity index (χ0v) is 19.1. The van der Waals surface area contributed by atoms with E-state index in [1.54, 1.807) is 12.1 Å². The summed E-state index contributed by atoms with van der Waals surface area (Å²) in [5.74, 6) is 0.638. The number of carbonyl (C=O) groups excluding carboxylic acids is 2. The van der Waals surface area contributed by atoms with Crippen molar-refractivity contribution in [2.75, 3.05) is 34.4 Å². The van der Waals surface area contributed by atoms with Gasteiger partial charge in [-0.25, -0.2) is 4.79 Å². The average molecular weight is 434 g/mol. The van der Waals surface area contributed by atoms with E-state index in [4.69, 9.17) is 14.2 Å². The van der Waals surface area contributed by atoms with Gasteiger partial charge in [0.25, 0.3) is 0 Å². The van der Waals surface area contributed by atoms with Crippen LogP contribution in [0.2, 0.25) is 0 Å². The van der Waals surface area contributed by atoms with Gasteiger partial charge >= 0.3 is 5.97 Å². The van der Waals surface area contributed by atoms with E-state index in [1.807, 2.05) is 38.1 Å². The number of carbonyl (C=O) groups is 2. The van der Waals surface area contributed by atoms with Gasteiger partial charge in [0.05, 0.1) is 13.2 Å². The maximum Gasteiger partial charge on any atom is 0.342 e. The predicted octanol–water partition coefficient (Wildman–Crippen LogP) is 3.48. The minimum absolute atomic E-state index is 0.118.